The highest BCUT2D eigenvalue weighted by atomic mass is 16.1. The van der Waals surface area contributed by atoms with E-state index in [4.69, 9.17) is 5.73 Å². The van der Waals surface area contributed by atoms with Gasteiger partial charge in [-0.05, 0) is 33.1 Å². The molecule has 1 amide bonds. The molecule has 1 aliphatic heterocycles. The van der Waals surface area contributed by atoms with Crippen LogP contribution in [0.3, 0.4) is 0 Å². The molecule has 1 saturated heterocycles. The number of nitrogens with one attached hydrogen (secondary N) is 1. The molecule has 1 aliphatic rings. The van der Waals surface area contributed by atoms with Gasteiger partial charge in [0.1, 0.15) is 5.82 Å². The molecule has 0 aliphatic carbocycles. The zero-order valence-corrected chi connectivity index (χ0v) is 11.5. The maximum absolute atomic E-state index is 11.4. The molecule has 0 saturated carbocycles. The van der Waals surface area contributed by atoms with Crippen molar-refractivity contribution in [3.8, 4) is 0 Å². The summed E-state index contributed by atoms with van der Waals surface area (Å²) >= 11 is 0. The Balaban J connectivity index is 2.28. The van der Waals surface area contributed by atoms with Crippen LogP contribution in [0.5, 0.6) is 0 Å². The molecule has 0 atom stereocenters. The first-order valence-electron chi connectivity index (χ1n) is 6.76. The van der Waals surface area contributed by atoms with Crippen molar-refractivity contribution in [2.45, 2.75) is 39.2 Å². The molecule has 6 nitrogen and oxygen atoms in total. The molecule has 1 aromatic heterocycles. The Hall–Kier alpha value is -1.85. The van der Waals surface area contributed by atoms with E-state index in [2.05, 4.69) is 20.2 Å². The number of primary amides is 1. The van der Waals surface area contributed by atoms with Gasteiger partial charge in [0.05, 0.1) is 6.20 Å². The van der Waals surface area contributed by atoms with Gasteiger partial charge in [-0.15, -0.1) is 0 Å². The van der Waals surface area contributed by atoms with Gasteiger partial charge in [0.2, 0.25) is 0 Å². The van der Waals surface area contributed by atoms with Crippen molar-refractivity contribution >= 4 is 17.5 Å². The van der Waals surface area contributed by atoms with Crippen LogP contribution in [0.1, 0.15) is 43.6 Å². The highest BCUT2D eigenvalue weighted by Gasteiger charge is 2.17. The number of hydrogen-bond acceptors (Lipinski definition) is 5. The minimum Gasteiger partial charge on any atom is -0.366 e. The monoisotopic (exact) mass is 263 g/mol. The van der Waals surface area contributed by atoms with E-state index in [1.165, 1.54) is 19.3 Å². The average molecular weight is 263 g/mol. The van der Waals surface area contributed by atoms with Crippen LogP contribution in [0, 0.1) is 0 Å². The van der Waals surface area contributed by atoms with Crippen LogP contribution in [-0.4, -0.2) is 35.0 Å². The predicted octanol–water partition coefficient (Wildman–Crippen LogP) is 1.39. The molecule has 0 aromatic carbocycles. The number of nitrogens with two attached hydrogens (primary N) is 1. The van der Waals surface area contributed by atoms with Crippen LogP contribution < -0.4 is 16.0 Å². The van der Waals surface area contributed by atoms with E-state index in [-0.39, 0.29) is 11.7 Å². The molecule has 1 fully saturated rings. The normalized spacial score (nSPS) is 15.6. The molecular formula is C13H21N5O. The number of hydrogen-bond donors (Lipinski definition) is 2. The summed E-state index contributed by atoms with van der Waals surface area (Å²) in [6.07, 6.45) is 5.25. The number of carbonyl (C=O) groups excluding carboxylic acids is 1. The van der Waals surface area contributed by atoms with Gasteiger partial charge in [-0.25, -0.2) is 9.97 Å². The van der Waals surface area contributed by atoms with Crippen molar-refractivity contribution in [2.24, 2.45) is 5.73 Å². The predicted molar refractivity (Wildman–Crippen MR) is 75.4 cm³/mol. The molecule has 1 aromatic rings. The largest absolute Gasteiger partial charge is 0.366 e. The first-order valence-corrected chi connectivity index (χ1v) is 6.76. The van der Waals surface area contributed by atoms with Gasteiger partial charge in [-0.3, -0.25) is 4.79 Å². The lowest BCUT2D eigenvalue weighted by atomic mass is 10.1. The second-order valence-corrected chi connectivity index (χ2v) is 5.14. The lowest BCUT2D eigenvalue weighted by Gasteiger charge is -2.28. The van der Waals surface area contributed by atoms with E-state index in [0.717, 1.165) is 18.9 Å². The van der Waals surface area contributed by atoms with E-state index in [1.54, 1.807) is 6.20 Å². The Morgan fingerprint density at radius 1 is 1.37 bits per heavy atom. The molecule has 2 heterocycles. The van der Waals surface area contributed by atoms with Crippen LogP contribution in [0.15, 0.2) is 6.20 Å². The quantitative estimate of drug-likeness (QED) is 0.857. The molecule has 0 bridgehead atoms. The van der Waals surface area contributed by atoms with Crippen LogP contribution >= 0.6 is 0 Å². The molecule has 19 heavy (non-hydrogen) atoms. The second-order valence-electron chi connectivity index (χ2n) is 5.14. The summed E-state index contributed by atoms with van der Waals surface area (Å²) in [5, 5.41) is 3.13. The van der Waals surface area contributed by atoms with E-state index in [9.17, 15) is 4.79 Å². The van der Waals surface area contributed by atoms with E-state index in [1.807, 2.05) is 13.8 Å². The standard InChI is InChI=1S/C13H21N5O/c1-9(2)16-13-11(12(14)19)15-8-10(17-13)18-6-4-3-5-7-18/h8-9H,3-7H2,1-2H3,(H2,14,19)(H,16,17). The lowest BCUT2D eigenvalue weighted by molar-refractivity contribution is 0.0996. The fourth-order valence-corrected chi connectivity index (χ4v) is 2.21. The summed E-state index contributed by atoms with van der Waals surface area (Å²) < 4.78 is 0. The van der Waals surface area contributed by atoms with E-state index in [0.29, 0.717) is 5.82 Å². The van der Waals surface area contributed by atoms with Gasteiger partial charge >= 0.3 is 0 Å². The fourth-order valence-electron chi connectivity index (χ4n) is 2.21. The zero-order valence-electron chi connectivity index (χ0n) is 11.5. The number of amides is 1. The third kappa shape index (κ3) is 3.33. The van der Waals surface area contributed by atoms with Gasteiger partial charge in [0.15, 0.2) is 11.5 Å². The van der Waals surface area contributed by atoms with E-state index >= 15 is 0 Å². The van der Waals surface area contributed by atoms with E-state index < -0.39 is 5.91 Å². The third-order valence-corrected chi connectivity index (χ3v) is 3.10. The molecule has 0 radical (unpaired) electrons. The lowest BCUT2D eigenvalue weighted by Crippen LogP contribution is -2.31. The van der Waals surface area contributed by atoms with Crippen molar-refractivity contribution in [1.82, 2.24) is 9.97 Å². The van der Waals surface area contributed by atoms with Crippen molar-refractivity contribution in [1.29, 1.82) is 0 Å². The molecular weight excluding hydrogens is 242 g/mol. The maximum atomic E-state index is 11.4. The number of rotatable bonds is 4. The van der Waals surface area contributed by atoms with Gasteiger partial charge < -0.3 is 16.0 Å². The summed E-state index contributed by atoms with van der Waals surface area (Å²) in [6, 6.07) is 0.170. The highest BCUT2D eigenvalue weighted by Crippen LogP contribution is 2.20. The van der Waals surface area contributed by atoms with Gasteiger partial charge in [0, 0.05) is 19.1 Å². The SMILES string of the molecule is CC(C)Nc1nc(N2CCCCC2)cnc1C(N)=O. The molecule has 2 rings (SSSR count). The van der Waals surface area contributed by atoms with Gasteiger partial charge in [-0.2, -0.15) is 0 Å². The Bertz CT molecular complexity index is 454. The van der Waals surface area contributed by atoms with Crippen molar-refractivity contribution < 1.29 is 4.79 Å². The number of anilines is 2. The topological polar surface area (TPSA) is 84.1 Å². The molecule has 104 valence electrons. The molecule has 0 spiro atoms. The van der Waals surface area contributed by atoms with Crippen LogP contribution in [-0.2, 0) is 0 Å². The summed E-state index contributed by atoms with van der Waals surface area (Å²) in [5.41, 5.74) is 5.53. The second kappa shape index (κ2) is 5.86. The van der Waals surface area contributed by atoms with Gasteiger partial charge in [0.25, 0.3) is 5.91 Å². The summed E-state index contributed by atoms with van der Waals surface area (Å²) in [5.74, 6) is 0.735. The average Bonchev–Trinajstić information content (AvgIpc) is 2.38. The Kier molecular flexibility index (Phi) is 4.19. The minimum atomic E-state index is -0.555. The molecule has 3 N–H and O–H groups in total. The number of nitrogens with zero attached hydrogens (tertiary/aromatic N) is 3. The number of aromatic nitrogens is 2. The third-order valence-electron chi connectivity index (χ3n) is 3.10. The number of carbonyl (C=O) groups is 1. The molecule has 6 heteroatoms. The van der Waals surface area contributed by atoms with Crippen LogP contribution in [0.4, 0.5) is 11.6 Å². The maximum Gasteiger partial charge on any atom is 0.271 e. The van der Waals surface area contributed by atoms with Gasteiger partial charge in [-0.1, -0.05) is 0 Å². The first-order chi connectivity index (χ1) is 9.08. The minimum absolute atomic E-state index is 0.170. The fraction of sp³-hybridized carbons (Fsp3) is 0.615. The summed E-state index contributed by atoms with van der Waals surface area (Å²) in [7, 11) is 0. The summed E-state index contributed by atoms with van der Waals surface area (Å²) in [4.78, 5) is 22.2. The van der Waals surface area contributed by atoms with Crippen molar-refractivity contribution in [3.63, 3.8) is 0 Å². The Labute approximate surface area is 113 Å². The van der Waals surface area contributed by atoms with Crippen LogP contribution in [0.25, 0.3) is 0 Å². The Morgan fingerprint density at radius 3 is 2.63 bits per heavy atom. The smallest absolute Gasteiger partial charge is 0.271 e. The highest BCUT2D eigenvalue weighted by molar-refractivity contribution is 5.95. The zero-order chi connectivity index (χ0) is 13.8. The van der Waals surface area contributed by atoms with Crippen molar-refractivity contribution in [2.75, 3.05) is 23.3 Å². The Morgan fingerprint density at radius 2 is 2.05 bits per heavy atom. The summed E-state index contributed by atoms with van der Waals surface area (Å²) in [6.45, 7) is 5.96. The molecule has 0 unspecified atom stereocenters. The van der Waals surface area contributed by atoms with Crippen LogP contribution in [0.2, 0.25) is 0 Å². The van der Waals surface area contributed by atoms with Crippen molar-refractivity contribution in [3.05, 3.63) is 11.9 Å². The first kappa shape index (κ1) is 13.6. The number of piperidine rings is 1.